The molecule has 22 heavy (non-hydrogen) atoms. The van der Waals surface area contributed by atoms with Crippen molar-refractivity contribution in [2.45, 2.75) is 33.7 Å². The zero-order valence-electron chi connectivity index (χ0n) is 13.0. The van der Waals surface area contributed by atoms with E-state index in [-0.39, 0.29) is 5.56 Å². The number of benzene rings is 1. The summed E-state index contributed by atoms with van der Waals surface area (Å²) in [6.07, 6.45) is 0.658. The SMILES string of the molecule is CCc1c(C)nc2nc(NCc3ccccc3C)[nH]n2c1=O. The van der Waals surface area contributed by atoms with E-state index < -0.39 is 0 Å². The van der Waals surface area contributed by atoms with Gasteiger partial charge in [0.2, 0.25) is 5.95 Å². The minimum absolute atomic E-state index is 0.0820. The van der Waals surface area contributed by atoms with Crippen LogP contribution in [0.5, 0.6) is 0 Å². The van der Waals surface area contributed by atoms with Crippen molar-refractivity contribution in [3.8, 4) is 0 Å². The fraction of sp³-hybridized carbons (Fsp3) is 0.312. The molecule has 114 valence electrons. The normalized spacial score (nSPS) is 11.0. The van der Waals surface area contributed by atoms with Gasteiger partial charge < -0.3 is 5.32 Å². The third-order valence-electron chi connectivity index (χ3n) is 3.86. The summed E-state index contributed by atoms with van der Waals surface area (Å²) >= 11 is 0. The van der Waals surface area contributed by atoms with Gasteiger partial charge in [-0.3, -0.25) is 9.89 Å². The first-order chi connectivity index (χ1) is 10.6. The van der Waals surface area contributed by atoms with E-state index >= 15 is 0 Å². The highest BCUT2D eigenvalue weighted by Gasteiger charge is 2.11. The van der Waals surface area contributed by atoms with Gasteiger partial charge in [0.05, 0.1) is 5.69 Å². The van der Waals surface area contributed by atoms with Crippen LogP contribution in [-0.2, 0) is 13.0 Å². The number of nitrogens with zero attached hydrogens (tertiary/aromatic N) is 3. The minimum atomic E-state index is -0.0820. The van der Waals surface area contributed by atoms with Crippen LogP contribution in [0.2, 0.25) is 0 Å². The van der Waals surface area contributed by atoms with Gasteiger partial charge in [0.1, 0.15) is 0 Å². The van der Waals surface area contributed by atoms with Gasteiger partial charge in [0.15, 0.2) is 0 Å². The molecule has 1 aromatic carbocycles. The van der Waals surface area contributed by atoms with Crippen LogP contribution in [0.1, 0.15) is 29.3 Å². The van der Waals surface area contributed by atoms with Crippen LogP contribution in [0.3, 0.4) is 0 Å². The molecule has 0 atom stereocenters. The summed E-state index contributed by atoms with van der Waals surface area (Å²) in [5.74, 6) is 0.937. The summed E-state index contributed by atoms with van der Waals surface area (Å²) < 4.78 is 1.39. The van der Waals surface area contributed by atoms with Crippen LogP contribution < -0.4 is 10.9 Å². The summed E-state index contributed by atoms with van der Waals surface area (Å²) in [6.45, 7) is 6.50. The number of H-pyrrole nitrogens is 1. The molecule has 0 aliphatic heterocycles. The molecule has 3 aromatic rings. The highest BCUT2D eigenvalue weighted by Crippen LogP contribution is 2.10. The van der Waals surface area contributed by atoms with Crippen molar-refractivity contribution in [2.75, 3.05) is 5.32 Å². The van der Waals surface area contributed by atoms with E-state index in [1.165, 1.54) is 15.6 Å². The smallest absolute Gasteiger partial charge is 0.277 e. The Morgan fingerprint density at radius 3 is 2.73 bits per heavy atom. The van der Waals surface area contributed by atoms with Crippen molar-refractivity contribution in [1.29, 1.82) is 0 Å². The average Bonchev–Trinajstić information content (AvgIpc) is 2.90. The monoisotopic (exact) mass is 297 g/mol. The molecule has 0 bridgehead atoms. The van der Waals surface area contributed by atoms with E-state index in [4.69, 9.17) is 0 Å². The molecule has 0 unspecified atom stereocenters. The second kappa shape index (κ2) is 5.63. The van der Waals surface area contributed by atoms with Crippen molar-refractivity contribution in [1.82, 2.24) is 19.6 Å². The number of hydrogen-bond donors (Lipinski definition) is 2. The van der Waals surface area contributed by atoms with Crippen molar-refractivity contribution in [2.24, 2.45) is 0 Å². The van der Waals surface area contributed by atoms with E-state index in [2.05, 4.69) is 39.4 Å². The molecule has 2 N–H and O–H groups in total. The maximum Gasteiger partial charge on any atom is 0.277 e. The molecular weight excluding hydrogens is 278 g/mol. The highest BCUT2D eigenvalue weighted by molar-refractivity contribution is 5.40. The summed E-state index contributed by atoms with van der Waals surface area (Å²) in [4.78, 5) is 21.1. The predicted molar refractivity (Wildman–Crippen MR) is 86.2 cm³/mol. The molecule has 2 heterocycles. The maximum atomic E-state index is 12.3. The summed E-state index contributed by atoms with van der Waals surface area (Å²) in [7, 11) is 0. The van der Waals surface area contributed by atoms with Crippen LogP contribution in [0.4, 0.5) is 5.95 Å². The lowest BCUT2D eigenvalue weighted by Gasteiger charge is -2.05. The Balaban J connectivity index is 1.91. The van der Waals surface area contributed by atoms with Gasteiger partial charge in [-0.25, -0.2) is 4.98 Å². The molecule has 0 amide bonds. The van der Waals surface area contributed by atoms with E-state index in [1.54, 1.807) is 0 Å². The second-order valence-corrected chi connectivity index (χ2v) is 5.32. The molecule has 0 spiro atoms. The van der Waals surface area contributed by atoms with Gasteiger partial charge in [-0.2, -0.15) is 9.50 Å². The van der Waals surface area contributed by atoms with Gasteiger partial charge in [-0.05, 0) is 31.4 Å². The topological polar surface area (TPSA) is 75.1 Å². The number of aryl methyl sites for hydroxylation is 2. The zero-order chi connectivity index (χ0) is 15.7. The largest absolute Gasteiger partial charge is 0.351 e. The van der Waals surface area contributed by atoms with E-state index in [9.17, 15) is 4.79 Å². The van der Waals surface area contributed by atoms with Crippen LogP contribution in [0.25, 0.3) is 5.78 Å². The molecular formula is C16H19N5O. The molecule has 6 heteroatoms. The van der Waals surface area contributed by atoms with Crippen molar-refractivity contribution in [3.63, 3.8) is 0 Å². The number of aromatic nitrogens is 4. The maximum absolute atomic E-state index is 12.3. The summed E-state index contributed by atoms with van der Waals surface area (Å²) in [5.41, 5.74) is 3.77. The van der Waals surface area contributed by atoms with Crippen LogP contribution >= 0.6 is 0 Å². The molecule has 0 saturated heterocycles. The van der Waals surface area contributed by atoms with Crippen LogP contribution in [-0.4, -0.2) is 19.6 Å². The Kier molecular flexibility index (Phi) is 3.66. The number of aromatic amines is 1. The number of rotatable bonds is 4. The van der Waals surface area contributed by atoms with Gasteiger partial charge in [0, 0.05) is 12.1 Å². The Labute approximate surface area is 128 Å². The second-order valence-electron chi connectivity index (χ2n) is 5.32. The fourth-order valence-corrected chi connectivity index (χ4v) is 2.53. The first-order valence-electron chi connectivity index (χ1n) is 7.36. The zero-order valence-corrected chi connectivity index (χ0v) is 13.0. The highest BCUT2D eigenvalue weighted by atomic mass is 16.1. The van der Waals surface area contributed by atoms with Crippen molar-refractivity contribution >= 4 is 11.7 Å². The summed E-state index contributed by atoms with van der Waals surface area (Å²) in [6, 6.07) is 8.15. The number of anilines is 1. The molecule has 0 fully saturated rings. The first kappa shape index (κ1) is 14.3. The van der Waals surface area contributed by atoms with E-state index in [0.717, 1.165) is 5.69 Å². The molecule has 0 saturated carbocycles. The third kappa shape index (κ3) is 2.47. The molecule has 0 aliphatic rings. The number of nitrogens with one attached hydrogen (secondary N) is 2. The Morgan fingerprint density at radius 2 is 2.00 bits per heavy atom. The molecule has 6 nitrogen and oxygen atoms in total. The Hall–Kier alpha value is -2.63. The lowest BCUT2D eigenvalue weighted by Crippen LogP contribution is -2.21. The lowest BCUT2D eigenvalue weighted by molar-refractivity contribution is 0.851. The molecule has 3 rings (SSSR count). The van der Waals surface area contributed by atoms with Crippen LogP contribution in [0, 0.1) is 13.8 Å². The van der Waals surface area contributed by atoms with E-state index in [0.29, 0.717) is 30.3 Å². The first-order valence-corrected chi connectivity index (χ1v) is 7.36. The van der Waals surface area contributed by atoms with Gasteiger partial charge in [0.25, 0.3) is 11.3 Å². The average molecular weight is 297 g/mol. The third-order valence-corrected chi connectivity index (χ3v) is 3.86. The fourth-order valence-electron chi connectivity index (χ4n) is 2.53. The quantitative estimate of drug-likeness (QED) is 0.774. The molecule has 2 aromatic heterocycles. The Bertz CT molecular complexity index is 878. The standard InChI is InChI=1S/C16H19N5O/c1-4-13-11(3)18-16-19-15(20-21(16)14(13)22)17-9-12-8-6-5-7-10(12)2/h5-8H,4,9H2,1-3H3,(H2,17,18,19,20). The predicted octanol–water partition coefficient (Wildman–Crippen LogP) is 2.21. The molecule has 0 aliphatic carbocycles. The van der Waals surface area contributed by atoms with Gasteiger partial charge >= 0.3 is 0 Å². The molecule has 0 radical (unpaired) electrons. The van der Waals surface area contributed by atoms with Crippen molar-refractivity contribution < 1.29 is 0 Å². The van der Waals surface area contributed by atoms with Gasteiger partial charge in [-0.1, -0.05) is 31.2 Å². The van der Waals surface area contributed by atoms with E-state index in [1.807, 2.05) is 26.0 Å². The van der Waals surface area contributed by atoms with Gasteiger partial charge in [-0.15, -0.1) is 0 Å². The Morgan fingerprint density at radius 1 is 1.23 bits per heavy atom. The number of hydrogen-bond acceptors (Lipinski definition) is 4. The lowest BCUT2D eigenvalue weighted by atomic mass is 10.1. The van der Waals surface area contributed by atoms with Crippen molar-refractivity contribution in [3.05, 3.63) is 57.0 Å². The summed E-state index contributed by atoms with van der Waals surface area (Å²) in [5, 5.41) is 6.18. The number of fused-ring (bicyclic) bond motifs is 1. The minimum Gasteiger partial charge on any atom is -0.351 e. The van der Waals surface area contributed by atoms with Crippen LogP contribution in [0.15, 0.2) is 29.1 Å².